The van der Waals surface area contributed by atoms with Gasteiger partial charge in [-0.05, 0) is 0 Å². The molecular formula is C8H4Br2O2SSe. The molecule has 2 aromatic rings. The molecule has 0 radical (unpaired) electrons. The van der Waals surface area contributed by atoms with Crippen LogP contribution in [0.25, 0.3) is 10.1 Å². The Morgan fingerprint density at radius 3 is 2.86 bits per heavy atom. The Bertz CT molecular complexity index is 503. The molecule has 14 heavy (non-hydrogen) atoms. The van der Waals surface area contributed by atoms with E-state index in [-0.39, 0.29) is 20.5 Å². The van der Waals surface area contributed by atoms with Gasteiger partial charge in [0.1, 0.15) is 0 Å². The maximum atomic E-state index is 11.4. The molecule has 2 rings (SSSR count). The number of esters is 1. The van der Waals surface area contributed by atoms with Gasteiger partial charge in [0.2, 0.25) is 0 Å². The van der Waals surface area contributed by atoms with E-state index < -0.39 is 0 Å². The Labute approximate surface area is 107 Å². The number of carbonyl (C=O) groups excluding carboxylic acids is 1. The van der Waals surface area contributed by atoms with Crippen molar-refractivity contribution in [3.63, 3.8) is 0 Å². The van der Waals surface area contributed by atoms with Gasteiger partial charge in [-0.2, -0.15) is 0 Å². The first-order valence-electron chi connectivity index (χ1n) is 3.58. The van der Waals surface area contributed by atoms with Crippen LogP contribution in [-0.4, -0.2) is 27.6 Å². The van der Waals surface area contributed by atoms with Gasteiger partial charge in [0.25, 0.3) is 0 Å². The molecule has 74 valence electrons. The number of rotatable bonds is 1. The topological polar surface area (TPSA) is 26.3 Å². The fourth-order valence-corrected chi connectivity index (χ4v) is 7.90. The summed E-state index contributed by atoms with van der Waals surface area (Å²) in [6.45, 7) is 0. The zero-order valence-corrected chi connectivity index (χ0v) is 12.7. The van der Waals surface area contributed by atoms with Gasteiger partial charge < -0.3 is 0 Å². The van der Waals surface area contributed by atoms with Crippen LogP contribution in [0.2, 0.25) is 0 Å². The summed E-state index contributed by atoms with van der Waals surface area (Å²) in [6.07, 6.45) is 0. The summed E-state index contributed by atoms with van der Waals surface area (Å²) in [4.78, 5) is 11.4. The SMILES string of the molecule is COC(=O)c1csc2c(Br)[se]c(Br)c12. The molecule has 0 bridgehead atoms. The molecule has 0 saturated heterocycles. The number of halogens is 2. The molecule has 0 spiro atoms. The van der Waals surface area contributed by atoms with Crippen LogP contribution in [0.1, 0.15) is 10.4 Å². The van der Waals surface area contributed by atoms with Crippen LogP contribution in [0.4, 0.5) is 0 Å². The summed E-state index contributed by atoms with van der Waals surface area (Å²) >= 11 is 8.85. The van der Waals surface area contributed by atoms with Crippen molar-refractivity contribution in [2.45, 2.75) is 0 Å². The van der Waals surface area contributed by atoms with Crippen molar-refractivity contribution in [3.8, 4) is 0 Å². The van der Waals surface area contributed by atoms with Crippen molar-refractivity contribution in [2.75, 3.05) is 7.11 Å². The Hall–Kier alpha value is 0.389. The molecule has 0 aromatic carbocycles. The van der Waals surface area contributed by atoms with Gasteiger partial charge in [-0.25, -0.2) is 0 Å². The molecule has 2 nitrogen and oxygen atoms in total. The van der Waals surface area contributed by atoms with Crippen molar-refractivity contribution in [3.05, 3.63) is 17.6 Å². The zero-order valence-electron chi connectivity index (χ0n) is 6.97. The number of ether oxygens (including phenoxy) is 1. The monoisotopic (exact) mass is 402 g/mol. The minimum absolute atomic E-state index is 0.266. The third-order valence-electron chi connectivity index (χ3n) is 1.75. The van der Waals surface area contributed by atoms with Crippen molar-refractivity contribution >= 4 is 73.8 Å². The summed E-state index contributed by atoms with van der Waals surface area (Å²) in [7, 11) is 1.40. The van der Waals surface area contributed by atoms with Gasteiger partial charge in [0.15, 0.2) is 0 Å². The van der Waals surface area contributed by atoms with E-state index in [1.54, 1.807) is 11.3 Å². The first-order valence-corrected chi connectivity index (χ1v) is 7.76. The molecule has 0 atom stereocenters. The molecule has 0 saturated carbocycles. The van der Waals surface area contributed by atoms with Gasteiger partial charge in [-0.1, -0.05) is 0 Å². The standard InChI is InChI=1S/C8H4Br2O2SSe/c1-12-8(11)3-2-13-5-4(3)6(9)14-7(5)10/h2H,1H3. The van der Waals surface area contributed by atoms with E-state index >= 15 is 0 Å². The molecule has 0 N–H and O–H groups in total. The summed E-state index contributed by atoms with van der Waals surface area (Å²) in [6, 6.07) is 0. The second kappa shape index (κ2) is 4.10. The van der Waals surface area contributed by atoms with E-state index in [1.807, 2.05) is 5.38 Å². The van der Waals surface area contributed by atoms with Crippen molar-refractivity contribution in [2.24, 2.45) is 0 Å². The normalized spacial score (nSPS) is 10.8. The van der Waals surface area contributed by atoms with Crippen molar-refractivity contribution < 1.29 is 9.53 Å². The molecule has 6 heteroatoms. The Kier molecular flexibility index (Phi) is 3.19. The van der Waals surface area contributed by atoms with Crippen LogP contribution in [-0.2, 0) is 4.74 Å². The average molecular weight is 403 g/mol. The van der Waals surface area contributed by atoms with Gasteiger partial charge in [-0.15, -0.1) is 0 Å². The second-order valence-electron chi connectivity index (χ2n) is 2.49. The van der Waals surface area contributed by atoms with Crippen molar-refractivity contribution in [1.82, 2.24) is 0 Å². The number of hydrogen-bond acceptors (Lipinski definition) is 3. The quantitative estimate of drug-likeness (QED) is 0.540. The molecule has 0 fully saturated rings. The van der Waals surface area contributed by atoms with E-state index in [2.05, 4.69) is 31.9 Å². The van der Waals surface area contributed by atoms with Crippen LogP contribution in [0.5, 0.6) is 0 Å². The number of hydrogen-bond donors (Lipinski definition) is 0. The number of carbonyl (C=O) groups is 1. The number of thiophene rings is 1. The molecule has 0 unspecified atom stereocenters. The van der Waals surface area contributed by atoms with E-state index in [0.29, 0.717) is 5.56 Å². The molecule has 2 heterocycles. The third-order valence-corrected chi connectivity index (χ3v) is 7.39. The molecule has 0 aliphatic rings. The van der Waals surface area contributed by atoms with Crippen molar-refractivity contribution in [1.29, 1.82) is 0 Å². The number of methoxy groups -OCH3 is 1. The fourth-order valence-electron chi connectivity index (χ4n) is 1.13. The molecular weight excluding hydrogens is 399 g/mol. The predicted molar refractivity (Wildman–Crippen MR) is 65.5 cm³/mol. The van der Waals surface area contributed by atoms with Crippen LogP contribution < -0.4 is 0 Å². The van der Waals surface area contributed by atoms with E-state index in [4.69, 9.17) is 4.74 Å². The average Bonchev–Trinajstić information content (AvgIpc) is 2.69. The van der Waals surface area contributed by atoms with Crippen LogP contribution in [0.15, 0.2) is 12.1 Å². The summed E-state index contributed by atoms with van der Waals surface area (Å²) in [5.41, 5.74) is 0.663. The Morgan fingerprint density at radius 1 is 1.50 bits per heavy atom. The molecule has 0 aliphatic heterocycles. The first-order chi connectivity index (χ1) is 6.65. The fraction of sp³-hybridized carbons (Fsp3) is 0.125. The van der Waals surface area contributed by atoms with Crippen LogP contribution in [0.3, 0.4) is 0 Å². The maximum absolute atomic E-state index is 11.4. The molecule has 0 amide bonds. The first kappa shape index (κ1) is 10.9. The van der Waals surface area contributed by atoms with Gasteiger partial charge >= 0.3 is 108 Å². The number of fused-ring (bicyclic) bond motifs is 1. The predicted octanol–water partition coefficient (Wildman–Crippen LogP) is 3.27. The summed E-state index contributed by atoms with van der Waals surface area (Å²) < 4.78 is 8.16. The van der Waals surface area contributed by atoms with Crippen LogP contribution >= 0.6 is 43.2 Å². The molecule has 0 aliphatic carbocycles. The second-order valence-corrected chi connectivity index (χ2v) is 9.46. The zero-order chi connectivity index (χ0) is 10.3. The minimum atomic E-state index is -0.266. The van der Waals surface area contributed by atoms with Gasteiger partial charge in [0, 0.05) is 0 Å². The van der Waals surface area contributed by atoms with E-state index in [9.17, 15) is 4.79 Å². The third kappa shape index (κ3) is 1.63. The Balaban J connectivity index is 2.73. The van der Waals surface area contributed by atoms with Gasteiger partial charge in [-0.3, -0.25) is 0 Å². The van der Waals surface area contributed by atoms with Crippen LogP contribution in [0, 0.1) is 0 Å². The summed E-state index contributed by atoms with van der Waals surface area (Å²) in [5.74, 6) is -0.266. The Morgan fingerprint density at radius 2 is 2.21 bits per heavy atom. The molecule has 2 aromatic heterocycles. The summed E-state index contributed by atoms with van der Waals surface area (Å²) in [5, 5.41) is 2.85. The van der Waals surface area contributed by atoms with E-state index in [1.165, 1.54) is 10.5 Å². The van der Waals surface area contributed by atoms with E-state index in [0.717, 1.165) is 13.4 Å². The van der Waals surface area contributed by atoms with Gasteiger partial charge in [0.05, 0.1) is 0 Å².